The molecule has 1 aromatic heterocycles. The second-order valence-electron chi connectivity index (χ2n) is 5.28. The largest absolute Gasteiger partial charge is 0.388 e. The summed E-state index contributed by atoms with van der Waals surface area (Å²) in [6, 6.07) is 10.2. The molecule has 18 heavy (non-hydrogen) atoms. The van der Waals surface area contributed by atoms with E-state index in [1.807, 2.05) is 25.1 Å². The molecule has 0 unspecified atom stereocenters. The maximum Gasteiger partial charge on any atom is 0.129 e. The Morgan fingerprint density at radius 2 is 2.11 bits per heavy atom. The van der Waals surface area contributed by atoms with E-state index in [4.69, 9.17) is 0 Å². The normalized spacial score (nSPS) is 17.4. The van der Waals surface area contributed by atoms with Gasteiger partial charge in [0, 0.05) is 11.9 Å². The summed E-state index contributed by atoms with van der Waals surface area (Å²) in [6.45, 7) is 2.64. The van der Waals surface area contributed by atoms with Gasteiger partial charge >= 0.3 is 0 Å². The van der Waals surface area contributed by atoms with Crippen LogP contribution in [-0.4, -0.2) is 22.2 Å². The van der Waals surface area contributed by atoms with Crippen LogP contribution in [0.25, 0.3) is 10.9 Å². The predicted molar refractivity (Wildman–Crippen MR) is 73.8 cm³/mol. The highest BCUT2D eigenvalue weighted by Gasteiger charge is 2.34. The highest BCUT2D eigenvalue weighted by Crippen LogP contribution is 2.32. The molecule has 1 heterocycles. The molecule has 1 aliphatic carbocycles. The lowest BCUT2D eigenvalue weighted by Crippen LogP contribution is -2.43. The van der Waals surface area contributed by atoms with Gasteiger partial charge in [0.2, 0.25) is 0 Å². The third-order valence-corrected chi connectivity index (χ3v) is 3.78. The van der Waals surface area contributed by atoms with Crippen molar-refractivity contribution in [1.82, 2.24) is 4.98 Å². The number of nitrogens with zero attached hydrogens (tertiary/aromatic N) is 1. The number of anilines is 1. The minimum Gasteiger partial charge on any atom is -0.388 e. The lowest BCUT2D eigenvalue weighted by Gasteiger charge is -2.36. The Morgan fingerprint density at radius 1 is 1.33 bits per heavy atom. The quantitative estimate of drug-likeness (QED) is 0.870. The van der Waals surface area contributed by atoms with Gasteiger partial charge in [-0.25, -0.2) is 4.98 Å². The first-order chi connectivity index (χ1) is 8.66. The highest BCUT2D eigenvalue weighted by atomic mass is 16.3. The molecule has 0 atom stereocenters. The first kappa shape index (κ1) is 11.5. The van der Waals surface area contributed by atoms with Crippen molar-refractivity contribution in [2.75, 3.05) is 11.9 Å². The second-order valence-corrected chi connectivity index (χ2v) is 5.28. The summed E-state index contributed by atoms with van der Waals surface area (Å²) in [5.41, 5.74) is 1.60. The van der Waals surface area contributed by atoms with Gasteiger partial charge in [-0.3, -0.25) is 0 Å². The number of aryl methyl sites for hydroxylation is 1. The monoisotopic (exact) mass is 242 g/mol. The summed E-state index contributed by atoms with van der Waals surface area (Å²) in [6.07, 6.45) is 2.92. The molecule has 3 heteroatoms. The van der Waals surface area contributed by atoms with Crippen molar-refractivity contribution in [1.29, 1.82) is 0 Å². The van der Waals surface area contributed by atoms with E-state index in [9.17, 15) is 5.11 Å². The number of benzene rings is 1. The maximum atomic E-state index is 10.1. The Kier molecular flexibility index (Phi) is 2.71. The van der Waals surface area contributed by atoms with Gasteiger partial charge in [-0.05, 0) is 43.9 Å². The van der Waals surface area contributed by atoms with E-state index in [0.717, 1.165) is 41.5 Å². The number of aromatic nitrogens is 1. The Morgan fingerprint density at radius 3 is 2.83 bits per heavy atom. The molecule has 2 aromatic rings. The minimum absolute atomic E-state index is 0.514. The minimum atomic E-state index is -0.514. The molecule has 3 rings (SSSR count). The number of aliphatic hydroxyl groups is 1. The van der Waals surface area contributed by atoms with Crippen molar-refractivity contribution in [3.8, 4) is 0 Å². The molecule has 0 amide bonds. The summed E-state index contributed by atoms with van der Waals surface area (Å²) in [5.74, 6) is 0.883. The first-order valence-electron chi connectivity index (χ1n) is 6.49. The Balaban J connectivity index is 1.84. The zero-order valence-corrected chi connectivity index (χ0v) is 10.6. The first-order valence-corrected chi connectivity index (χ1v) is 6.49. The average Bonchev–Trinajstić information content (AvgIpc) is 2.34. The number of pyridine rings is 1. The van der Waals surface area contributed by atoms with Crippen LogP contribution in [0.1, 0.15) is 24.8 Å². The second kappa shape index (κ2) is 4.25. The van der Waals surface area contributed by atoms with Gasteiger partial charge < -0.3 is 10.4 Å². The molecule has 0 radical (unpaired) electrons. The fourth-order valence-electron chi connectivity index (χ4n) is 2.41. The van der Waals surface area contributed by atoms with Crippen LogP contribution in [-0.2, 0) is 0 Å². The molecule has 0 saturated heterocycles. The van der Waals surface area contributed by atoms with Crippen LogP contribution in [0.5, 0.6) is 0 Å². The molecule has 1 aromatic carbocycles. The number of hydrogen-bond acceptors (Lipinski definition) is 3. The fourth-order valence-corrected chi connectivity index (χ4v) is 2.41. The highest BCUT2D eigenvalue weighted by molar-refractivity contribution is 5.81. The number of nitrogens with one attached hydrogen (secondary N) is 1. The molecule has 2 N–H and O–H groups in total. The van der Waals surface area contributed by atoms with E-state index in [1.54, 1.807) is 0 Å². The van der Waals surface area contributed by atoms with Crippen LogP contribution < -0.4 is 5.32 Å². The van der Waals surface area contributed by atoms with E-state index >= 15 is 0 Å². The van der Waals surface area contributed by atoms with Crippen LogP contribution in [0.15, 0.2) is 30.3 Å². The number of hydrogen-bond donors (Lipinski definition) is 2. The van der Waals surface area contributed by atoms with Crippen LogP contribution >= 0.6 is 0 Å². The maximum absolute atomic E-state index is 10.1. The van der Waals surface area contributed by atoms with Crippen molar-refractivity contribution in [3.05, 3.63) is 35.9 Å². The molecule has 94 valence electrons. The SMILES string of the molecule is Cc1cc2ccccc2nc1NCC1(O)CCC1. The van der Waals surface area contributed by atoms with E-state index < -0.39 is 5.60 Å². The van der Waals surface area contributed by atoms with Gasteiger partial charge in [-0.1, -0.05) is 18.2 Å². The topological polar surface area (TPSA) is 45.2 Å². The van der Waals surface area contributed by atoms with Crippen LogP contribution in [0, 0.1) is 6.92 Å². The summed E-state index contributed by atoms with van der Waals surface area (Å²) in [7, 11) is 0. The van der Waals surface area contributed by atoms with Crippen molar-refractivity contribution in [2.24, 2.45) is 0 Å². The summed E-state index contributed by atoms with van der Waals surface area (Å²) in [5, 5.41) is 14.5. The average molecular weight is 242 g/mol. The molecule has 0 spiro atoms. The molecule has 1 aliphatic rings. The number of para-hydroxylation sites is 1. The summed E-state index contributed by atoms with van der Waals surface area (Å²) in [4.78, 5) is 4.61. The Labute approximate surface area is 107 Å². The zero-order chi connectivity index (χ0) is 12.6. The molecular weight excluding hydrogens is 224 g/mol. The van der Waals surface area contributed by atoms with Gasteiger partial charge in [0.25, 0.3) is 0 Å². The third kappa shape index (κ3) is 2.06. The summed E-state index contributed by atoms with van der Waals surface area (Å²) < 4.78 is 0. The van der Waals surface area contributed by atoms with Crippen molar-refractivity contribution in [3.63, 3.8) is 0 Å². The van der Waals surface area contributed by atoms with Crippen LogP contribution in [0.2, 0.25) is 0 Å². The number of fused-ring (bicyclic) bond motifs is 1. The molecular formula is C15H18N2O. The molecule has 1 saturated carbocycles. The molecule has 1 fully saturated rings. The van der Waals surface area contributed by atoms with E-state index in [0.29, 0.717) is 6.54 Å². The van der Waals surface area contributed by atoms with E-state index in [2.05, 4.69) is 22.4 Å². The van der Waals surface area contributed by atoms with Gasteiger partial charge in [-0.2, -0.15) is 0 Å². The van der Waals surface area contributed by atoms with Crippen LogP contribution in [0.4, 0.5) is 5.82 Å². The third-order valence-electron chi connectivity index (χ3n) is 3.78. The van der Waals surface area contributed by atoms with Gasteiger partial charge in [0.15, 0.2) is 0 Å². The van der Waals surface area contributed by atoms with Crippen molar-refractivity contribution in [2.45, 2.75) is 31.8 Å². The smallest absolute Gasteiger partial charge is 0.129 e. The van der Waals surface area contributed by atoms with Gasteiger partial charge in [0.1, 0.15) is 5.82 Å². The predicted octanol–water partition coefficient (Wildman–Crippen LogP) is 2.87. The summed E-state index contributed by atoms with van der Waals surface area (Å²) >= 11 is 0. The van der Waals surface area contributed by atoms with Crippen molar-refractivity contribution < 1.29 is 5.11 Å². The lowest BCUT2D eigenvalue weighted by atomic mass is 9.80. The Bertz CT molecular complexity index is 576. The molecule has 0 bridgehead atoms. The fraction of sp³-hybridized carbons (Fsp3) is 0.400. The number of rotatable bonds is 3. The van der Waals surface area contributed by atoms with E-state index in [-0.39, 0.29) is 0 Å². The van der Waals surface area contributed by atoms with Gasteiger partial charge in [0.05, 0.1) is 11.1 Å². The molecule has 0 aliphatic heterocycles. The standard InChI is InChI=1S/C15H18N2O/c1-11-9-12-5-2-3-6-13(12)17-14(11)16-10-15(18)7-4-8-15/h2-3,5-6,9,18H,4,7-8,10H2,1H3,(H,16,17). The van der Waals surface area contributed by atoms with Crippen molar-refractivity contribution >= 4 is 16.7 Å². The lowest BCUT2D eigenvalue weighted by molar-refractivity contribution is -0.0202. The van der Waals surface area contributed by atoms with Gasteiger partial charge in [-0.15, -0.1) is 0 Å². The van der Waals surface area contributed by atoms with Crippen LogP contribution in [0.3, 0.4) is 0 Å². The van der Waals surface area contributed by atoms with E-state index in [1.165, 1.54) is 0 Å². The molecule has 3 nitrogen and oxygen atoms in total. The zero-order valence-electron chi connectivity index (χ0n) is 10.6. The Hall–Kier alpha value is -1.61.